The van der Waals surface area contributed by atoms with Gasteiger partial charge in [0.15, 0.2) is 0 Å². The molecule has 0 radical (unpaired) electrons. The van der Waals surface area contributed by atoms with E-state index in [2.05, 4.69) is 58.4 Å². The zero-order valence-electron chi connectivity index (χ0n) is 14.1. The van der Waals surface area contributed by atoms with E-state index in [4.69, 9.17) is 4.74 Å². The molecule has 23 heavy (non-hydrogen) atoms. The number of benzene rings is 1. The van der Waals surface area contributed by atoms with E-state index in [1.165, 1.54) is 11.3 Å². The van der Waals surface area contributed by atoms with Crippen molar-refractivity contribution in [1.82, 2.24) is 14.7 Å². The average molecular weight is 314 g/mol. The van der Waals surface area contributed by atoms with E-state index < -0.39 is 0 Å². The Bertz CT molecular complexity index is 605. The monoisotopic (exact) mass is 314 g/mol. The highest BCUT2D eigenvalue weighted by Crippen LogP contribution is 2.18. The minimum absolute atomic E-state index is 0.854. The summed E-state index contributed by atoms with van der Waals surface area (Å²) < 4.78 is 7.34. The van der Waals surface area contributed by atoms with Crippen LogP contribution in [0.25, 0.3) is 0 Å². The largest absolute Gasteiger partial charge is 0.379 e. The number of anilines is 1. The van der Waals surface area contributed by atoms with E-state index in [1.54, 1.807) is 0 Å². The van der Waals surface area contributed by atoms with Gasteiger partial charge in [0, 0.05) is 57.2 Å². The molecule has 0 spiro atoms. The Labute approximate surface area is 138 Å². The zero-order chi connectivity index (χ0) is 16.1. The van der Waals surface area contributed by atoms with Crippen molar-refractivity contribution in [2.24, 2.45) is 7.05 Å². The number of para-hydroxylation sites is 1. The summed E-state index contributed by atoms with van der Waals surface area (Å²) in [5, 5.41) is 4.47. The van der Waals surface area contributed by atoms with Crippen LogP contribution < -0.4 is 4.90 Å². The van der Waals surface area contributed by atoms with Crippen molar-refractivity contribution >= 4 is 5.69 Å². The van der Waals surface area contributed by atoms with Gasteiger partial charge in [0.05, 0.1) is 18.9 Å². The standard InChI is InChI=1S/C18H26N4O/c1-16-17(14-20(2)19-16)15-22(18-6-4-3-5-7-18)9-8-21-10-12-23-13-11-21/h3-7,14H,8-13,15H2,1-2H3. The summed E-state index contributed by atoms with van der Waals surface area (Å²) in [7, 11) is 1.98. The minimum atomic E-state index is 0.854. The fourth-order valence-corrected chi connectivity index (χ4v) is 3.03. The predicted molar refractivity (Wildman–Crippen MR) is 92.7 cm³/mol. The Kier molecular flexibility index (Phi) is 5.31. The number of aryl methyl sites for hydroxylation is 2. The van der Waals surface area contributed by atoms with E-state index in [0.717, 1.165) is 51.6 Å². The lowest BCUT2D eigenvalue weighted by atomic mass is 10.2. The maximum atomic E-state index is 5.44. The first-order valence-electron chi connectivity index (χ1n) is 8.31. The zero-order valence-corrected chi connectivity index (χ0v) is 14.1. The Hall–Kier alpha value is -1.85. The number of hydrogen-bond acceptors (Lipinski definition) is 4. The normalized spacial score (nSPS) is 15.7. The Morgan fingerprint density at radius 2 is 1.91 bits per heavy atom. The third kappa shape index (κ3) is 4.33. The van der Waals surface area contributed by atoms with Crippen LogP contribution in [0, 0.1) is 6.92 Å². The van der Waals surface area contributed by atoms with Crippen molar-refractivity contribution < 1.29 is 4.74 Å². The molecule has 124 valence electrons. The van der Waals surface area contributed by atoms with Gasteiger partial charge in [-0.2, -0.15) is 5.10 Å². The van der Waals surface area contributed by atoms with E-state index in [0.29, 0.717) is 0 Å². The number of morpholine rings is 1. The number of aromatic nitrogens is 2. The predicted octanol–water partition coefficient (Wildman–Crippen LogP) is 2.07. The summed E-state index contributed by atoms with van der Waals surface area (Å²) in [4.78, 5) is 4.93. The number of hydrogen-bond donors (Lipinski definition) is 0. The molecule has 1 aliphatic rings. The first-order chi connectivity index (χ1) is 11.2. The van der Waals surface area contributed by atoms with Crippen LogP contribution in [0.15, 0.2) is 36.5 Å². The first-order valence-corrected chi connectivity index (χ1v) is 8.31. The van der Waals surface area contributed by atoms with Crippen LogP contribution >= 0.6 is 0 Å². The summed E-state index contributed by atoms with van der Waals surface area (Å²) in [6, 6.07) is 10.6. The van der Waals surface area contributed by atoms with Gasteiger partial charge in [0.2, 0.25) is 0 Å². The summed E-state index contributed by atoms with van der Waals surface area (Å²) in [5.41, 5.74) is 3.67. The molecule has 5 nitrogen and oxygen atoms in total. The van der Waals surface area contributed by atoms with Crippen molar-refractivity contribution in [2.75, 3.05) is 44.3 Å². The number of rotatable bonds is 6. The fraction of sp³-hybridized carbons (Fsp3) is 0.500. The fourth-order valence-electron chi connectivity index (χ4n) is 3.03. The maximum absolute atomic E-state index is 5.44. The SMILES string of the molecule is Cc1nn(C)cc1CN(CCN1CCOCC1)c1ccccc1. The summed E-state index contributed by atoms with van der Waals surface area (Å²) in [6.07, 6.45) is 2.13. The highest BCUT2D eigenvalue weighted by atomic mass is 16.5. The van der Waals surface area contributed by atoms with Crippen LogP contribution in [-0.2, 0) is 18.3 Å². The lowest BCUT2D eigenvalue weighted by molar-refractivity contribution is 0.0391. The molecule has 0 bridgehead atoms. The van der Waals surface area contributed by atoms with Crippen LogP contribution in [-0.4, -0.2) is 54.1 Å². The third-order valence-corrected chi connectivity index (χ3v) is 4.39. The van der Waals surface area contributed by atoms with Crippen LogP contribution in [0.3, 0.4) is 0 Å². The molecule has 5 heteroatoms. The third-order valence-electron chi connectivity index (χ3n) is 4.39. The van der Waals surface area contributed by atoms with Crippen LogP contribution in [0.2, 0.25) is 0 Å². The second-order valence-electron chi connectivity index (χ2n) is 6.12. The Morgan fingerprint density at radius 1 is 1.17 bits per heavy atom. The van der Waals surface area contributed by atoms with Crippen molar-refractivity contribution in [3.63, 3.8) is 0 Å². The summed E-state index contributed by atoms with van der Waals surface area (Å²) >= 11 is 0. The first kappa shape index (κ1) is 16.0. The van der Waals surface area contributed by atoms with Gasteiger partial charge in [-0.3, -0.25) is 9.58 Å². The lowest BCUT2D eigenvalue weighted by Gasteiger charge is -2.31. The average Bonchev–Trinajstić information content (AvgIpc) is 2.90. The summed E-state index contributed by atoms with van der Waals surface area (Å²) in [5.74, 6) is 0. The maximum Gasteiger partial charge on any atom is 0.0643 e. The van der Waals surface area contributed by atoms with Crippen molar-refractivity contribution in [3.8, 4) is 0 Å². The van der Waals surface area contributed by atoms with Gasteiger partial charge in [-0.1, -0.05) is 18.2 Å². The lowest BCUT2D eigenvalue weighted by Crippen LogP contribution is -2.41. The van der Waals surface area contributed by atoms with E-state index in [1.807, 2.05) is 11.7 Å². The molecule has 3 rings (SSSR count). The Balaban J connectivity index is 1.69. The van der Waals surface area contributed by atoms with Crippen LogP contribution in [0.1, 0.15) is 11.3 Å². The van der Waals surface area contributed by atoms with E-state index in [-0.39, 0.29) is 0 Å². The molecule has 1 saturated heterocycles. The molecule has 0 saturated carbocycles. The molecule has 1 aliphatic heterocycles. The van der Waals surface area contributed by atoms with Gasteiger partial charge in [-0.15, -0.1) is 0 Å². The van der Waals surface area contributed by atoms with Gasteiger partial charge in [0.1, 0.15) is 0 Å². The number of ether oxygens (including phenoxy) is 1. The molecular formula is C18H26N4O. The van der Waals surface area contributed by atoms with Crippen LogP contribution in [0.4, 0.5) is 5.69 Å². The topological polar surface area (TPSA) is 33.5 Å². The minimum Gasteiger partial charge on any atom is -0.379 e. The van der Waals surface area contributed by atoms with Crippen LogP contribution in [0.5, 0.6) is 0 Å². The Morgan fingerprint density at radius 3 is 2.57 bits per heavy atom. The molecule has 1 aromatic heterocycles. The van der Waals surface area contributed by atoms with Crippen molar-refractivity contribution in [1.29, 1.82) is 0 Å². The second kappa shape index (κ2) is 7.62. The molecule has 0 N–H and O–H groups in total. The molecule has 1 aromatic carbocycles. The van der Waals surface area contributed by atoms with Gasteiger partial charge in [-0.25, -0.2) is 0 Å². The molecule has 0 amide bonds. The highest BCUT2D eigenvalue weighted by molar-refractivity contribution is 5.46. The van der Waals surface area contributed by atoms with Gasteiger partial charge >= 0.3 is 0 Å². The highest BCUT2D eigenvalue weighted by Gasteiger charge is 2.15. The van der Waals surface area contributed by atoms with Gasteiger partial charge in [-0.05, 0) is 19.1 Å². The molecule has 0 unspecified atom stereocenters. The van der Waals surface area contributed by atoms with E-state index >= 15 is 0 Å². The number of nitrogens with zero attached hydrogens (tertiary/aromatic N) is 4. The van der Waals surface area contributed by atoms with Gasteiger partial charge < -0.3 is 9.64 Å². The second-order valence-corrected chi connectivity index (χ2v) is 6.12. The molecule has 2 heterocycles. The molecular weight excluding hydrogens is 288 g/mol. The molecule has 0 atom stereocenters. The smallest absolute Gasteiger partial charge is 0.0643 e. The van der Waals surface area contributed by atoms with Gasteiger partial charge in [0.25, 0.3) is 0 Å². The quantitative estimate of drug-likeness (QED) is 0.817. The molecule has 1 fully saturated rings. The van der Waals surface area contributed by atoms with Crippen molar-refractivity contribution in [2.45, 2.75) is 13.5 Å². The molecule has 2 aromatic rings. The molecule has 0 aliphatic carbocycles. The van der Waals surface area contributed by atoms with Crippen molar-refractivity contribution in [3.05, 3.63) is 47.8 Å². The summed E-state index contributed by atoms with van der Waals surface area (Å²) in [6.45, 7) is 8.84. The van der Waals surface area contributed by atoms with E-state index in [9.17, 15) is 0 Å².